The van der Waals surface area contributed by atoms with Crippen molar-refractivity contribution in [1.82, 2.24) is 9.97 Å². The van der Waals surface area contributed by atoms with Gasteiger partial charge in [0.25, 0.3) is 0 Å². The van der Waals surface area contributed by atoms with Crippen LogP contribution in [0.2, 0.25) is 0 Å². The van der Waals surface area contributed by atoms with Gasteiger partial charge in [-0.15, -0.1) is 0 Å². The van der Waals surface area contributed by atoms with E-state index < -0.39 is 5.97 Å². The molecule has 4 heteroatoms. The van der Waals surface area contributed by atoms with Crippen LogP contribution in [0.5, 0.6) is 0 Å². The van der Waals surface area contributed by atoms with E-state index in [4.69, 9.17) is 5.11 Å². The van der Waals surface area contributed by atoms with Crippen LogP contribution in [0.3, 0.4) is 0 Å². The molecular weight excluding hydrogens is 252 g/mol. The summed E-state index contributed by atoms with van der Waals surface area (Å²) in [5, 5.41) is 8.73. The minimum Gasteiger partial charge on any atom is -0.481 e. The van der Waals surface area contributed by atoms with E-state index in [0.717, 1.165) is 29.2 Å². The Balaban J connectivity index is 1.88. The van der Waals surface area contributed by atoms with Gasteiger partial charge in [0, 0.05) is 17.7 Å². The number of carbonyl (C=O) groups is 1. The summed E-state index contributed by atoms with van der Waals surface area (Å²) in [6.07, 6.45) is 4.12. The number of hydrogen-bond acceptors (Lipinski definition) is 2. The van der Waals surface area contributed by atoms with Crippen LogP contribution in [0.4, 0.5) is 0 Å². The fourth-order valence-corrected chi connectivity index (χ4v) is 2.87. The van der Waals surface area contributed by atoms with E-state index in [2.05, 4.69) is 28.2 Å². The zero-order valence-electron chi connectivity index (χ0n) is 11.6. The Labute approximate surface area is 117 Å². The number of nitrogens with one attached hydrogen (secondary N) is 1. The molecule has 2 N–H and O–H groups in total. The van der Waals surface area contributed by atoms with Crippen LogP contribution in [0.1, 0.15) is 35.5 Å². The number of carboxylic acid groups (broad SMARTS) is 1. The Kier molecular flexibility index (Phi) is 3.30. The lowest BCUT2D eigenvalue weighted by molar-refractivity contribution is -0.137. The van der Waals surface area contributed by atoms with Crippen molar-refractivity contribution in [2.75, 3.05) is 0 Å². The highest BCUT2D eigenvalue weighted by Gasteiger charge is 2.14. The van der Waals surface area contributed by atoms with E-state index in [0.29, 0.717) is 6.42 Å². The van der Waals surface area contributed by atoms with Gasteiger partial charge in [-0.05, 0) is 43.4 Å². The molecule has 0 atom stereocenters. The van der Waals surface area contributed by atoms with Crippen molar-refractivity contribution >= 4 is 5.97 Å². The SMILES string of the molecule is Cc1[nH]c(CCC(=O)O)nc1-c1ccc2c(c1)CCC2. The molecule has 0 amide bonds. The molecule has 0 saturated carbocycles. The van der Waals surface area contributed by atoms with Crippen molar-refractivity contribution in [1.29, 1.82) is 0 Å². The molecule has 3 rings (SSSR count). The van der Waals surface area contributed by atoms with Crippen LogP contribution in [0, 0.1) is 6.92 Å². The van der Waals surface area contributed by atoms with Gasteiger partial charge < -0.3 is 10.1 Å². The number of fused-ring (bicyclic) bond motifs is 1. The molecule has 1 aliphatic carbocycles. The van der Waals surface area contributed by atoms with Crippen molar-refractivity contribution < 1.29 is 9.90 Å². The Morgan fingerprint density at radius 2 is 2.15 bits per heavy atom. The summed E-state index contributed by atoms with van der Waals surface area (Å²) in [7, 11) is 0. The summed E-state index contributed by atoms with van der Waals surface area (Å²) in [4.78, 5) is 18.4. The first-order chi connectivity index (χ1) is 9.63. The largest absolute Gasteiger partial charge is 0.481 e. The maximum Gasteiger partial charge on any atom is 0.303 e. The zero-order valence-corrected chi connectivity index (χ0v) is 11.6. The number of carboxylic acids is 1. The quantitative estimate of drug-likeness (QED) is 0.897. The Morgan fingerprint density at radius 3 is 2.95 bits per heavy atom. The summed E-state index contributed by atoms with van der Waals surface area (Å²) in [6.45, 7) is 1.99. The van der Waals surface area contributed by atoms with E-state index in [9.17, 15) is 4.79 Å². The number of imidazole rings is 1. The lowest BCUT2D eigenvalue weighted by atomic mass is 10.0. The molecule has 0 spiro atoms. The monoisotopic (exact) mass is 270 g/mol. The van der Waals surface area contributed by atoms with Gasteiger partial charge in [0.2, 0.25) is 0 Å². The van der Waals surface area contributed by atoms with Crippen molar-refractivity contribution in [3.8, 4) is 11.3 Å². The molecule has 1 aliphatic rings. The number of aliphatic carboxylic acids is 1. The fraction of sp³-hybridized carbons (Fsp3) is 0.375. The summed E-state index contributed by atoms with van der Waals surface area (Å²) in [6, 6.07) is 6.55. The smallest absolute Gasteiger partial charge is 0.303 e. The average molecular weight is 270 g/mol. The van der Waals surface area contributed by atoms with Gasteiger partial charge in [-0.2, -0.15) is 0 Å². The second kappa shape index (κ2) is 5.12. The van der Waals surface area contributed by atoms with Crippen molar-refractivity contribution in [3.63, 3.8) is 0 Å². The van der Waals surface area contributed by atoms with Gasteiger partial charge in [-0.1, -0.05) is 12.1 Å². The number of benzene rings is 1. The Bertz CT molecular complexity index is 658. The van der Waals surface area contributed by atoms with Gasteiger partial charge in [-0.25, -0.2) is 4.98 Å². The minimum absolute atomic E-state index is 0.108. The molecule has 20 heavy (non-hydrogen) atoms. The highest BCUT2D eigenvalue weighted by molar-refractivity contribution is 5.67. The number of aromatic amines is 1. The van der Waals surface area contributed by atoms with Crippen LogP contribution in [0.15, 0.2) is 18.2 Å². The average Bonchev–Trinajstić information content (AvgIpc) is 3.01. The van der Waals surface area contributed by atoms with Crippen LogP contribution in [0.25, 0.3) is 11.3 Å². The fourth-order valence-electron chi connectivity index (χ4n) is 2.87. The standard InChI is InChI=1S/C16H18N2O2/c1-10-16(18-14(17-10)7-8-15(19)20)13-6-5-11-3-2-4-12(11)9-13/h5-6,9H,2-4,7-8H2,1H3,(H,17,18)(H,19,20). The van der Waals surface area contributed by atoms with E-state index in [1.165, 1.54) is 24.0 Å². The molecule has 0 radical (unpaired) electrons. The van der Waals surface area contributed by atoms with Crippen molar-refractivity contribution in [2.45, 2.75) is 39.0 Å². The topological polar surface area (TPSA) is 66.0 Å². The number of rotatable bonds is 4. The molecule has 2 aromatic rings. The molecule has 4 nitrogen and oxygen atoms in total. The number of hydrogen-bond donors (Lipinski definition) is 2. The van der Waals surface area contributed by atoms with Crippen LogP contribution in [-0.4, -0.2) is 21.0 Å². The third kappa shape index (κ3) is 2.46. The minimum atomic E-state index is -0.793. The van der Waals surface area contributed by atoms with Crippen molar-refractivity contribution in [2.24, 2.45) is 0 Å². The molecule has 0 fully saturated rings. The molecule has 104 valence electrons. The van der Waals surface area contributed by atoms with E-state index >= 15 is 0 Å². The third-order valence-corrected chi connectivity index (χ3v) is 3.88. The number of aromatic nitrogens is 2. The lowest BCUT2D eigenvalue weighted by Gasteiger charge is -2.03. The summed E-state index contributed by atoms with van der Waals surface area (Å²) >= 11 is 0. The molecule has 0 saturated heterocycles. The van der Waals surface area contributed by atoms with E-state index in [1.807, 2.05) is 6.92 Å². The second-order valence-corrected chi connectivity index (χ2v) is 5.39. The van der Waals surface area contributed by atoms with Gasteiger partial charge in [-0.3, -0.25) is 4.79 Å². The van der Waals surface area contributed by atoms with Gasteiger partial charge in [0.1, 0.15) is 5.82 Å². The van der Waals surface area contributed by atoms with Crippen LogP contribution >= 0.6 is 0 Å². The van der Waals surface area contributed by atoms with Gasteiger partial charge in [0.05, 0.1) is 12.1 Å². The molecule has 0 unspecified atom stereocenters. The zero-order chi connectivity index (χ0) is 14.1. The predicted octanol–water partition coefficient (Wildman–Crippen LogP) is 2.89. The Morgan fingerprint density at radius 1 is 1.35 bits per heavy atom. The summed E-state index contributed by atoms with van der Waals surface area (Å²) < 4.78 is 0. The summed E-state index contributed by atoms with van der Waals surface area (Å²) in [5.74, 6) is -0.0430. The van der Waals surface area contributed by atoms with E-state index in [-0.39, 0.29) is 6.42 Å². The predicted molar refractivity (Wildman–Crippen MR) is 76.7 cm³/mol. The number of H-pyrrole nitrogens is 1. The highest BCUT2D eigenvalue weighted by atomic mass is 16.4. The molecule has 1 heterocycles. The highest BCUT2D eigenvalue weighted by Crippen LogP contribution is 2.28. The van der Waals surface area contributed by atoms with Gasteiger partial charge in [0.15, 0.2) is 0 Å². The second-order valence-electron chi connectivity index (χ2n) is 5.39. The summed E-state index contributed by atoms with van der Waals surface area (Å²) in [5.41, 5.74) is 5.95. The molecule has 1 aromatic heterocycles. The van der Waals surface area contributed by atoms with Crippen molar-refractivity contribution in [3.05, 3.63) is 40.8 Å². The molecular formula is C16H18N2O2. The molecule has 0 aliphatic heterocycles. The van der Waals surface area contributed by atoms with Crippen LogP contribution < -0.4 is 0 Å². The first-order valence-corrected chi connectivity index (χ1v) is 7.03. The van der Waals surface area contributed by atoms with E-state index in [1.54, 1.807) is 0 Å². The first kappa shape index (κ1) is 12.9. The normalized spacial score (nSPS) is 13.4. The number of aryl methyl sites for hydroxylation is 4. The molecule has 1 aromatic carbocycles. The van der Waals surface area contributed by atoms with Crippen LogP contribution in [-0.2, 0) is 24.1 Å². The molecule has 0 bridgehead atoms. The maximum atomic E-state index is 10.6. The Hall–Kier alpha value is -2.10. The lowest BCUT2D eigenvalue weighted by Crippen LogP contribution is -1.98. The van der Waals surface area contributed by atoms with Gasteiger partial charge >= 0.3 is 5.97 Å². The first-order valence-electron chi connectivity index (χ1n) is 7.03. The third-order valence-electron chi connectivity index (χ3n) is 3.88. The number of nitrogens with zero attached hydrogens (tertiary/aromatic N) is 1. The maximum absolute atomic E-state index is 10.6.